The molecule has 1 amide bonds. The Balaban J connectivity index is 1.80. The van der Waals surface area contributed by atoms with E-state index in [1.165, 1.54) is 12.1 Å². The maximum Gasteiger partial charge on any atom is 0.410 e. The molecule has 130 valence electrons. The molecule has 0 radical (unpaired) electrons. The minimum absolute atomic E-state index is 0.310. The van der Waals surface area contributed by atoms with Gasteiger partial charge in [-0.05, 0) is 29.3 Å². The van der Waals surface area contributed by atoms with E-state index in [9.17, 15) is 9.18 Å². The van der Waals surface area contributed by atoms with Gasteiger partial charge in [0.15, 0.2) is 0 Å². The topological polar surface area (TPSA) is 29.5 Å². The Hall–Kier alpha value is -2.14. The fraction of sp³-hybridized carbons (Fsp3) is 0.250. The molecular weight excluding hydrogens is 385 g/mol. The summed E-state index contributed by atoms with van der Waals surface area (Å²) in [7, 11) is 0. The number of nitrogens with zero attached hydrogens (tertiary/aromatic N) is 1. The van der Waals surface area contributed by atoms with Crippen molar-refractivity contribution in [1.29, 1.82) is 0 Å². The van der Waals surface area contributed by atoms with Gasteiger partial charge >= 0.3 is 6.09 Å². The average Bonchev–Trinajstić information content (AvgIpc) is 2.60. The number of carbonyl (C=O) groups excluding carboxylic acids is 1. The minimum atomic E-state index is -0.781. The predicted octanol–water partition coefficient (Wildman–Crippen LogP) is 5.40. The maximum atomic E-state index is 13.2. The van der Waals surface area contributed by atoms with Crippen LogP contribution in [0.15, 0.2) is 65.7 Å². The Morgan fingerprint density at radius 1 is 1.24 bits per heavy atom. The first-order valence-corrected chi connectivity index (χ1v) is 8.92. The molecule has 2 aromatic carbocycles. The van der Waals surface area contributed by atoms with Crippen molar-refractivity contribution in [2.45, 2.75) is 25.0 Å². The molecule has 0 aromatic heterocycles. The highest BCUT2D eigenvalue weighted by molar-refractivity contribution is 9.10. The van der Waals surface area contributed by atoms with Crippen LogP contribution in [0.2, 0.25) is 0 Å². The van der Waals surface area contributed by atoms with E-state index in [0.29, 0.717) is 25.9 Å². The van der Waals surface area contributed by atoms with Crippen molar-refractivity contribution in [3.8, 4) is 0 Å². The van der Waals surface area contributed by atoms with Crippen LogP contribution in [0.1, 0.15) is 24.0 Å². The molecule has 3 rings (SSSR count). The average molecular weight is 404 g/mol. The number of rotatable bonds is 5. The van der Waals surface area contributed by atoms with E-state index in [0.717, 1.165) is 15.6 Å². The third-order valence-electron chi connectivity index (χ3n) is 4.49. The first-order chi connectivity index (χ1) is 12.0. The number of ether oxygens (including phenoxy) is 1. The molecule has 5 heteroatoms. The van der Waals surface area contributed by atoms with Crippen LogP contribution in [-0.2, 0) is 16.9 Å². The standard InChI is InChI=1S/C20H19BrFNO2/c1-2-11-20(16-7-9-17(22)10-8-16)12-13-23(19(24)25-20)14-15-5-3-4-6-18(15)21/h2-10H,1,11-14H2/t20-/m1/s1. The van der Waals surface area contributed by atoms with E-state index in [2.05, 4.69) is 22.5 Å². The molecule has 1 saturated heterocycles. The zero-order valence-electron chi connectivity index (χ0n) is 13.8. The Morgan fingerprint density at radius 2 is 1.96 bits per heavy atom. The summed E-state index contributed by atoms with van der Waals surface area (Å²) in [6.45, 7) is 4.82. The summed E-state index contributed by atoms with van der Waals surface area (Å²) in [5, 5.41) is 0. The van der Waals surface area contributed by atoms with Gasteiger partial charge in [-0.2, -0.15) is 0 Å². The molecule has 1 heterocycles. The van der Waals surface area contributed by atoms with Crippen LogP contribution in [-0.4, -0.2) is 17.5 Å². The lowest BCUT2D eigenvalue weighted by Gasteiger charge is -2.41. The Labute approximate surface area is 155 Å². The molecule has 1 aliphatic heterocycles. The molecule has 0 bridgehead atoms. The van der Waals surface area contributed by atoms with E-state index >= 15 is 0 Å². The fourth-order valence-electron chi connectivity index (χ4n) is 3.12. The highest BCUT2D eigenvalue weighted by atomic mass is 79.9. The molecule has 0 saturated carbocycles. The first-order valence-electron chi connectivity index (χ1n) is 8.12. The van der Waals surface area contributed by atoms with Crippen LogP contribution < -0.4 is 0 Å². The summed E-state index contributed by atoms with van der Waals surface area (Å²) in [6.07, 6.45) is 2.49. The molecule has 25 heavy (non-hydrogen) atoms. The zero-order chi connectivity index (χ0) is 17.9. The van der Waals surface area contributed by atoms with Crippen LogP contribution in [0.5, 0.6) is 0 Å². The van der Waals surface area contributed by atoms with Crippen molar-refractivity contribution >= 4 is 22.0 Å². The van der Waals surface area contributed by atoms with Gasteiger partial charge in [0.1, 0.15) is 11.4 Å². The van der Waals surface area contributed by atoms with Gasteiger partial charge in [-0.25, -0.2) is 9.18 Å². The first kappa shape index (κ1) is 17.7. The van der Waals surface area contributed by atoms with E-state index in [1.807, 2.05) is 24.3 Å². The van der Waals surface area contributed by atoms with Gasteiger partial charge < -0.3 is 9.64 Å². The summed E-state index contributed by atoms with van der Waals surface area (Å²) >= 11 is 3.51. The van der Waals surface area contributed by atoms with Crippen LogP contribution in [0, 0.1) is 5.82 Å². The summed E-state index contributed by atoms with van der Waals surface area (Å²) in [6, 6.07) is 13.9. The van der Waals surface area contributed by atoms with Crippen molar-refractivity contribution in [1.82, 2.24) is 4.90 Å². The van der Waals surface area contributed by atoms with Crippen molar-refractivity contribution in [3.63, 3.8) is 0 Å². The minimum Gasteiger partial charge on any atom is -0.437 e. The molecule has 1 fully saturated rings. The van der Waals surface area contributed by atoms with Gasteiger partial charge in [0, 0.05) is 23.9 Å². The van der Waals surface area contributed by atoms with Crippen LogP contribution in [0.3, 0.4) is 0 Å². The van der Waals surface area contributed by atoms with E-state index < -0.39 is 5.60 Å². The molecule has 0 unspecified atom stereocenters. The second kappa shape index (κ2) is 7.40. The zero-order valence-corrected chi connectivity index (χ0v) is 15.3. The quantitative estimate of drug-likeness (QED) is 0.625. The van der Waals surface area contributed by atoms with Crippen LogP contribution >= 0.6 is 15.9 Å². The predicted molar refractivity (Wildman–Crippen MR) is 98.5 cm³/mol. The molecule has 0 spiro atoms. The molecule has 2 aromatic rings. The monoisotopic (exact) mass is 403 g/mol. The SMILES string of the molecule is C=CC[C@]1(c2ccc(F)cc2)CCN(Cc2ccccc2Br)C(=O)O1. The van der Waals surface area contributed by atoms with E-state index in [-0.39, 0.29) is 11.9 Å². The summed E-state index contributed by atoms with van der Waals surface area (Å²) in [5.74, 6) is -0.310. The van der Waals surface area contributed by atoms with E-state index in [1.54, 1.807) is 23.1 Å². The van der Waals surface area contributed by atoms with Gasteiger partial charge in [0.25, 0.3) is 0 Å². The maximum absolute atomic E-state index is 13.2. The van der Waals surface area contributed by atoms with Crippen molar-refractivity contribution in [2.75, 3.05) is 6.54 Å². The van der Waals surface area contributed by atoms with Gasteiger partial charge in [-0.15, -0.1) is 6.58 Å². The lowest BCUT2D eigenvalue weighted by molar-refractivity contribution is -0.0529. The molecule has 3 nitrogen and oxygen atoms in total. The molecule has 1 aliphatic rings. The third kappa shape index (κ3) is 3.76. The highest BCUT2D eigenvalue weighted by Gasteiger charge is 2.41. The Bertz CT molecular complexity index is 778. The lowest BCUT2D eigenvalue weighted by atomic mass is 9.86. The number of cyclic esters (lactones) is 1. The summed E-state index contributed by atoms with van der Waals surface area (Å²) in [5.41, 5.74) is 1.04. The second-order valence-corrected chi connectivity index (χ2v) is 6.98. The van der Waals surface area contributed by atoms with Crippen LogP contribution in [0.25, 0.3) is 0 Å². The number of hydrogen-bond acceptors (Lipinski definition) is 2. The Kier molecular flexibility index (Phi) is 5.23. The number of halogens is 2. The van der Waals surface area contributed by atoms with Crippen molar-refractivity contribution in [2.24, 2.45) is 0 Å². The molecule has 1 atom stereocenters. The number of amides is 1. The van der Waals surface area contributed by atoms with Gasteiger partial charge in [0.05, 0.1) is 6.54 Å². The molecular formula is C20H19BrFNO2. The highest BCUT2D eigenvalue weighted by Crippen LogP contribution is 2.38. The number of carbonyl (C=O) groups is 1. The van der Waals surface area contributed by atoms with E-state index in [4.69, 9.17) is 4.74 Å². The fourth-order valence-corrected chi connectivity index (χ4v) is 3.53. The third-order valence-corrected chi connectivity index (χ3v) is 5.26. The van der Waals surface area contributed by atoms with Crippen molar-refractivity contribution < 1.29 is 13.9 Å². The number of hydrogen-bond donors (Lipinski definition) is 0. The largest absolute Gasteiger partial charge is 0.437 e. The lowest BCUT2D eigenvalue weighted by Crippen LogP contribution is -2.47. The van der Waals surface area contributed by atoms with Crippen molar-refractivity contribution in [3.05, 3.63) is 82.6 Å². The van der Waals surface area contributed by atoms with Gasteiger partial charge in [0.2, 0.25) is 0 Å². The van der Waals surface area contributed by atoms with Gasteiger partial charge in [-0.1, -0.05) is 52.3 Å². The normalized spacial score (nSPS) is 20.2. The molecule has 0 aliphatic carbocycles. The molecule has 0 N–H and O–H groups in total. The van der Waals surface area contributed by atoms with Gasteiger partial charge in [-0.3, -0.25) is 0 Å². The Morgan fingerprint density at radius 3 is 2.60 bits per heavy atom. The van der Waals surface area contributed by atoms with Crippen LogP contribution in [0.4, 0.5) is 9.18 Å². The summed E-state index contributed by atoms with van der Waals surface area (Å²) < 4.78 is 20.0. The summed E-state index contributed by atoms with van der Waals surface area (Å²) in [4.78, 5) is 14.3. The smallest absolute Gasteiger partial charge is 0.410 e. The second-order valence-electron chi connectivity index (χ2n) is 6.12. The number of benzene rings is 2.